The minimum atomic E-state index is -0.755. The number of methoxy groups -OCH3 is 1. The highest BCUT2D eigenvalue weighted by Crippen LogP contribution is 2.26. The monoisotopic (exact) mass is 292 g/mol. The molecule has 0 fully saturated rings. The lowest BCUT2D eigenvalue weighted by molar-refractivity contribution is -0.115. The van der Waals surface area contributed by atoms with Crippen molar-refractivity contribution in [1.82, 2.24) is 0 Å². The van der Waals surface area contributed by atoms with E-state index in [1.807, 2.05) is 0 Å². The minimum Gasteiger partial charge on any atom is -0.494 e. The molecule has 0 saturated carbocycles. The van der Waals surface area contributed by atoms with Gasteiger partial charge in [-0.1, -0.05) is 6.07 Å². The van der Waals surface area contributed by atoms with Gasteiger partial charge in [-0.3, -0.25) is 4.79 Å². The molecule has 0 spiro atoms. The lowest BCUT2D eigenvalue weighted by Gasteiger charge is -2.11. The quantitative estimate of drug-likeness (QED) is 0.852. The molecule has 0 saturated heterocycles. The average molecular weight is 292 g/mol. The maximum absolute atomic E-state index is 13.5. The average Bonchev–Trinajstić information content (AvgIpc) is 2.45. The summed E-state index contributed by atoms with van der Waals surface area (Å²) >= 11 is 0. The number of nitrogens with one attached hydrogen (secondary N) is 1. The Morgan fingerprint density at radius 1 is 1.24 bits per heavy atom. The van der Waals surface area contributed by atoms with Crippen molar-refractivity contribution in [2.24, 2.45) is 0 Å². The molecule has 0 atom stereocenters. The van der Waals surface area contributed by atoms with Crippen molar-refractivity contribution in [1.29, 1.82) is 0 Å². The first-order valence-corrected chi connectivity index (χ1v) is 6.17. The van der Waals surface area contributed by atoms with Gasteiger partial charge in [-0.2, -0.15) is 0 Å². The van der Waals surface area contributed by atoms with Crippen molar-refractivity contribution < 1.29 is 18.3 Å². The Kier molecular flexibility index (Phi) is 4.37. The van der Waals surface area contributed by atoms with E-state index in [2.05, 4.69) is 5.32 Å². The SMILES string of the molecule is COc1cc(N)ccc1NC(=O)Cc1c(F)cccc1F. The van der Waals surface area contributed by atoms with Crippen molar-refractivity contribution in [3.8, 4) is 5.75 Å². The first-order valence-electron chi connectivity index (χ1n) is 6.17. The molecule has 2 aromatic rings. The number of carbonyl (C=O) groups excluding carboxylic acids is 1. The maximum atomic E-state index is 13.5. The van der Waals surface area contributed by atoms with Gasteiger partial charge in [-0.25, -0.2) is 8.78 Å². The van der Waals surface area contributed by atoms with Crippen LogP contribution in [0.3, 0.4) is 0 Å². The smallest absolute Gasteiger partial charge is 0.229 e. The van der Waals surface area contributed by atoms with Gasteiger partial charge in [0.25, 0.3) is 0 Å². The number of amides is 1. The molecule has 0 aliphatic carbocycles. The molecule has 0 aliphatic heterocycles. The highest BCUT2D eigenvalue weighted by atomic mass is 19.1. The van der Waals surface area contributed by atoms with E-state index in [-0.39, 0.29) is 5.56 Å². The predicted molar refractivity (Wildman–Crippen MR) is 76.1 cm³/mol. The normalized spacial score (nSPS) is 10.2. The molecule has 2 aromatic carbocycles. The standard InChI is InChI=1S/C15H14F2N2O2/c1-21-14-7-9(18)5-6-13(14)19-15(20)8-10-11(16)3-2-4-12(10)17/h2-7H,8,18H2,1H3,(H,19,20). The summed E-state index contributed by atoms with van der Waals surface area (Å²) < 4.78 is 32.1. The summed E-state index contributed by atoms with van der Waals surface area (Å²) in [5.41, 5.74) is 6.19. The third kappa shape index (κ3) is 3.47. The molecule has 0 aromatic heterocycles. The van der Waals surface area contributed by atoms with E-state index >= 15 is 0 Å². The van der Waals surface area contributed by atoms with Crippen LogP contribution in [0, 0.1) is 11.6 Å². The van der Waals surface area contributed by atoms with E-state index in [9.17, 15) is 13.6 Å². The second-order valence-electron chi connectivity index (χ2n) is 4.38. The number of hydrogen-bond donors (Lipinski definition) is 2. The fraction of sp³-hybridized carbons (Fsp3) is 0.133. The molecule has 2 rings (SSSR count). The summed E-state index contributed by atoms with van der Waals surface area (Å²) in [7, 11) is 1.43. The summed E-state index contributed by atoms with van der Waals surface area (Å²) in [6.45, 7) is 0. The lowest BCUT2D eigenvalue weighted by atomic mass is 10.1. The van der Waals surface area contributed by atoms with Crippen LogP contribution in [0.1, 0.15) is 5.56 Å². The molecule has 3 N–H and O–H groups in total. The molecule has 0 aliphatic rings. The first kappa shape index (κ1) is 14.8. The molecule has 110 valence electrons. The zero-order valence-corrected chi connectivity index (χ0v) is 11.3. The number of nitrogen functional groups attached to an aromatic ring is 1. The molecule has 1 amide bonds. The van der Waals surface area contributed by atoms with Gasteiger partial charge in [0, 0.05) is 17.3 Å². The number of halogens is 2. The number of anilines is 2. The number of ether oxygens (including phenoxy) is 1. The van der Waals surface area contributed by atoms with Gasteiger partial charge < -0.3 is 15.8 Å². The fourth-order valence-electron chi connectivity index (χ4n) is 1.87. The van der Waals surface area contributed by atoms with E-state index < -0.39 is 24.0 Å². The van der Waals surface area contributed by atoms with Crippen LogP contribution in [0.15, 0.2) is 36.4 Å². The third-order valence-corrected chi connectivity index (χ3v) is 2.90. The second kappa shape index (κ2) is 6.21. The number of nitrogens with two attached hydrogens (primary N) is 1. The van der Waals surface area contributed by atoms with E-state index in [1.165, 1.54) is 13.2 Å². The molecule has 21 heavy (non-hydrogen) atoms. The molecule has 0 unspecified atom stereocenters. The van der Waals surface area contributed by atoms with Gasteiger partial charge in [0.15, 0.2) is 0 Å². The van der Waals surface area contributed by atoms with E-state index in [1.54, 1.807) is 18.2 Å². The zero-order chi connectivity index (χ0) is 15.4. The van der Waals surface area contributed by atoms with Gasteiger partial charge in [-0.15, -0.1) is 0 Å². The Balaban J connectivity index is 2.16. The van der Waals surface area contributed by atoms with Crippen LogP contribution in [0.25, 0.3) is 0 Å². The Hall–Kier alpha value is -2.63. The van der Waals surface area contributed by atoms with Crippen LogP contribution in [-0.4, -0.2) is 13.0 Å². The van der Waals surface area contributed by atoms with Crippen LogP contribution in [0.2, 0.25) is 0 Å². The highest BCUT2D eigenvalue weighted by molar-refractivity contribution is 5.94. The topological polar surface area (TPSA) is 64.3 Å². The fourth-order valence-corrected chi connectivity index (χ4v) is 1.87. The summed E-state index contributed by atoms with van der Waals surface area (Å²) in [4.78, 5) is 11.9. The summed E-state index contributed by atoms with van der Waals surface area (Å²) in [5.74, 6) is -1.69. The van der Waals surface area contributed by atoms with Crippen molar-refractivity contribution in [2.45, 2.75) is 6.42 Å². The predicted octanol–water partition coefficient (Wildman–Crippen LogP) is 2.74. The van der Waals surface area contributed by atoms with Crippen LogP contribution < -0.4 is 15.8 Å². The van der Waals surface area contributed by atoms with Gasteiger partial charge in [0.1, 0.15) is 17.4 Å². The molecular weight excluding hydrogens is 278 g/mol. The van der Waals surface area contributed by atoms with Crippen LogP contribution in [0.4, 0.5) is 20.2 Å². The van der Waals surface area contributed by atoms with E-state index in [0.29, 0.717) is 17.1 Å². The number of rotatable bonds is 4. The molecule has 0 bridgehead atoms. The molecule has 4 nitrogen and oxygen atoms in total. The van der Waals surface area contributed by atoms with Crippen molar-refractivity contribution in [2.75, 3.05) is 18.2 Å². The van der Waals surface area contributed by atoms with Crippen molar-refractivity contribution in [3.63, 3.8) is 0 Å². The number of hydrogen-bond acceptors (Lipinski definition) is 3. The molecule has 0 heterocycles. The summed E-state index contributed by atoms with van der Waals surface area (Å²) in [6.07, 6.45) is -0.411. The lowest BCUT2D eigenvalue weighted by Crippen LogP contribution is -2.16. The first-order chi connectivity index (χ1) is 10.0. The highest BCUT2D eigenvalue weighted by Gasteiger charge is 2.14. The minimum absolute atomic E-state index is 0.274. The molecular formula is C15H14F2N2O2. The van der Waals surface area contributed by atoms with Gasteiger partial charge in [0.05, 0.1) is 19.2 Å². The molecule has 0 radical (unpaired) electrons. The van der Waals surface area contributed by atoms with Crippen LogP contribution >= 0.6 is 0 Å². The Morgan fingerprint density at radius 3 is 2.52 bits per heavy atom. The number of benzene rings is 2. The zero-order valence-electron chi connectivity index (χ0n) is 11.3. The van der Waals surface area contributed by atoms with E-state index in [4.69, 9.17) is 10.5 Å². The maximum Gasteiger partial charge on any atom is 0.229 e. The van der Waals surface area contributed by atoms with Gasteiger partial charge in [0.2, 0.25) is 5.91 Å². The van der Waals surface area contributed by atoms with Crippen LogP contribution in [0.5, 0.6) is 5.75 Å². The van der Waals surface area contributed by atoms with Crippen molar-refractivity contribution >= 4 is 17.3 Å². The largest absolute Gasteiger partial charge is 0.494 e. The van der Waals surface area contributed by atoms with Crippen molar-refractivity contribution in [3.05, 3.63) is 53.6 Å². The Bertz CT molecular complexity index is 654. The Morgan fingerprint density at radius 2 is 1.90 bits per heavy atom. The number of carbonyl (C=O) groups is 1. The molecule has 6 heteroatoms. The summed E-state index contributed by atoms with van der Waals surface area (Å²) in [5, 5.41) is 2.54. The van der Waals surface area contributed by atoms with Gasteiger partial charge in [-0.05, 0) is 24.3 Å². The van der Waals surface area contributed by atoms with Crippen LogP contribution in [-0.2, 0) is 11.2 Å². The van der Waals surface area contributed by atoms with E-state index in [0.717, 1.165) is 12.1 Å². The third-order valence-electron chi connectivity index (χ3n) is 2.90. The van der Waals surface area contributed by atoms with Gasteiger partial charge >= 0.3 is 0 Å². The second-order valence-corrected chi connectivity index (χ2v) is 4.38. The Labute approximate surface area is 120 Å². The summed E-state index contributed by atoms with van der Waals surface area (Å²) in [6, 6.07) is 8.14.